The van der Waals surface area contributed by atoms with Crippen LogP contribution in [0.4, 0.5) is 5.69 Å². The molecule has 2 aromatic rings. The fourth-order valence-electron chi connectivity index (χ4n) is 2.70. The molecule has 0 bridgehead atoms. The van der Waals surface area contributed by atoms with Gasteiger partial charge in [0.15, 0.2) is 0 Å². The molecule has 2 heterocycles. The van der Waals surface area contributed by atoms with Crippen molar-refractivity contribution < 1.29 is 60.8 Å². The van der Waals surface area contributed by atoms with Gasteiger partial charge in [-0.2, -0.15) is 0 Å². The molecule has 0 radical (unpaired) electrons. The van der Waals surface area contributed by atoms with E-state index in [2.05, 4.69) is 38.3 Å². The van der Waals surface area contributed by atoms with Crippen molar-refractivity contribution in [1.29, 1.82) is 0 Å². The van der Waals surface area contributed by atoms with E-state index in [0.717, 1.165) is 29.1 Å². The van der Waals surface area contributed by atoms with Gasteiger partial charge in [0.2, 0.25) is 0 Å². The van der Waals surface area contributed by atoms with Crippen molar-refractivity contribution in [3.8, 4) is 0 Å². The molecule has 1 aliphatic rings. The third kappa shape index (κ3) is 6.90. The van der Waals surface area contributed by atoms with E-state index in [1.165, 1.54) is 0 Å². The third-order valence-corrected chi connectivity index (χ3v) is 4.32. The molecule has 6 nitrogen and oxygen atoms in total. The Kier molecular flexibility index (Phi) is 9.26. The van der Waals surface area contributed by atoms with Crippen molar-refractivity contribution in [2.24, 2.45) is 4.99 Å². The van der Waals surface area contributed by atoms with Crippen LogP contribution >= 0.6 is 0 Å². The number of amides is 1. The predicted molar refractivity (Wildman–Crippen MR) is 111 cm³/mol. The Labute approximate surface area is 214 Å². The van der Waals surface area contributed by atoms with Crippen molar-refractivity contribution in [3.63, 3.8) is 0 Å². The van der Waals surface area contributed by atoms with E-state index in [1.807, 2.05) is 56.9 Å². The summed E-state index contributed by atoms with van der Waals surface area (Å²) in [4.78, 5) is 20.8. The van der Waals surface area contributed by atoms with Gasteiger partial charge in [-0.3, -0.25) is 9.78 Å². The molecule has 1 aromatic heterocycles. The summed E-state index contributed by atoms with van der Waals surface area (Å²) in [6.07, 6.45) is 9.89. The van der Waals surface area contributed by atoms with Crippen LogP contribution in [0.2, 0.25) is 0 Å². The number of aryl methyl sites for hydroxylation is 1. The third-order valence-electron chi connectivity index (χ3n) is 4.32. The van der Waals surface area contributed by atoms with Crippen molar-refractivity contribution in [3.05, 3.63) is 78.4 Å². The SMILES string of the molecule is CC[N+]1=CC(=NC=[C-]NC(C)c2cccc(NC(=O)c3cncc(C)c3)c2)[CH-]1.[K+]. The Bertz CT molecular complexity index is 952. The minimum absolute atomic E-state index is 0. The van der Waals surface area contributed by atoms with E-state index in [0.29, 0.717) is 5.56 Å². The second kappa shape index (κ2) is 11.4. The molecule has 7 heteroatoms. The van der Waals surface area contributed by atoms with E-state index in [1.54, 1.807) is 18.6 Å². The van der Waals surface area contributed by atoms with Crippen LogP contribution in [0.15, 0.2) is 53.9 Å². The van der Waals surface area contributed by atoms with Crippen molar-refractivity contribution >= 4 is 23.5 Å². The summed E-state index contributed by atoms with van der Waals surface area (Å²) in [6.45, 7) is 8.96. The Morgan fingerprint density at radius 2 is 2.17 bits per heavy atom. The van der Waals surface area contributed by atoms with E-state index >= 15 is 0 Å². The largest absolute Gasteiger partial charge is 1.00 e. The molecule has 0 spiro atoms. The summed E-state index contributed by atoms with van der Waals surface area (Å²) in [7, 11) is 0. The van der Waals surface area contributed by atoms with E-state index < -0.39 is 0 Å². The van der Waals surface area contributed by atoms with Gasteiger partial charge in [0.1, 0.15) is 6.54 Å². The fourth-order valence-corrected chi connectivity index (χ4v) is 2.70. The summed E-state index contributed by atoms with van der Waals surface area (Å²) in [6, 6.07) is 9.56. The number of hydrogen-bond donors (Lipinski definition) is 2. The molecule has 1 amide bonds. The molecule has 0 aliphatic carbocycles. The van der Waals surface area contributed by atoms with Crippen molar-refractivity contribution in [2.45, 2.75) is 26.8 Å². The number of nitrogens with one attached hydrogen (secondary N) is 2. The van der Waals surface area contributed by atoms with Crippen LogP contribution in [-0.4, -0.2) is 33.9 Å². The first-order valence-electron chi connectivity index (χ1n) is 9.24. The molecule has 144 valence electrons. The molecule has 1 atom stereocenters. The normalized spacial score (nSPS) is 15.0. The van der Waals surface area contributed by atoms with E-state index in [9.17, 15) is 4.79 Å². The summed E-state index contributed by atoms with van der Waals surface area (Å²) in [5.41, 5.74) is 4.19. The fraction of sp³-hybridized carbons (Fsp3) is 0.227. The minimum atomic E-state index is -0.176. The zero-order valence-electron chi connectivity index (χ0n) is 17.3. The number of carbonyl (C=O) groups excluding carboxylic acids is 1. The van der Waals surface area contributed by atoms with Gasteiger partial charge in [0, 0.05) is 24.1 Å². The van der Waals surface area contributed by atoms with Crippen LogP contribution in [-0.2, 0) is 0 Å². The molecule has 1 aromatic carbocycles. The number of hydrogen-bond acceptors (Lipinski definition) is 4. The quantitative estimate of drug-likeness (QED) is 0.297. The number of pyridine rings is 1. The van der Waals surface area contributed by atoms with Crippen LogP contribution in [0.1, 0.15) is 41.4 Å². The summed E-state index contributed by atoms with van der Waals surface area (Å²) in [5.74, 6) is -0.176. The first-order chi connectivity index (χ1) is 13.5. The standard InChI is InChI=1S/C22H24N5O.K/c1-4-27-14-21(15-27)25-9-8-24-17(3)18-6-5-7-20(11-18)26-22(28)19-10-16(2)12-23-13-19;/h5-7,9-15,17,24H,4H2,1-3H3,(H,26,28);/q-1;+1. The molecule has 0 saturated heterocycles. The molecular formula is C22H24KN5O. The monoisotopic (exact) mass is 413 g/mol. The van der Waals surface area contributed by atoms with Gasteiger partial charge < -0.3 is 26.4 Å². The van der Waals surface area contributed by atoms with Gasteiger partial charge in [-0.25, -0.2) is 0 Å². The second-order valence-electron chi connectivity index (χ2n) is 6.61. The number of carbonyl (C=O) groups is 1. The van der Waals surface area contributed by atoms with Crippen LogP contribution in [0.5, 0.6) is 0 Å². The van der Waals surface area contributed by atoms with E-state index in [-0.39, 0.29) is 63.3 Å². The summed E-state index contributed by atoms with van der Waals surface area (Å²) < 4.78 is 2.06. The molecule has 3 rings (SSSR count). The number of aromatic nitrogens is 1. The average Bonchev–Trinajstić information content (AvgIpc) is 2.66. The first kappa shape index (κ1) is 23.5. The molecule has 0 saturated carbocycles. The second-order valence-corrected chi connectivity index (χ2v) is 6.61. The van der Waals surface area contributed by atoms with Gasteiger partial charge in [0.25, 0.3) is 5.91 Å². The zero-order chi connectivity index (χ0) is 19.9. The molecule has 29 heavy (non-hydrogen) atoms. The van der Waals surface area contributed by atoms with E-state index in [4.69, 9.17) is 0 Å². The van der Waals surface area contributed by atoms with Gasteiger partial charge in [-0.15, -0.1) is 6.20 Å². The van der Waals surface area contributed by atoms with Crippen LogP contribution < -0.4 is 62.0 Å². The van der Waals surface area contributed by atoms with Gasteiger partial charge in [0.05, 0.1) is 24.0 Å². The number of aliphatic imine (C=N–C) groups is 1. The number of rotatable bonds is 7. The maximum atomic E-state index is 12.4. The maximum absolute atomic E-state index is 12.4. The summed E-state index contributed by atoms with van der Waals surface area (Å²) in [5, 5.41) is 6.09. The molecule has 2 N–H and O–H groups in total. The maximum Gasteiger partial charge on any atom is 1.00 e. The Morgan fingerprint density at radius 3 is 2.90 bits per heavy atom. The van der Waals surface area contributed by atoms with Gasteiger partial charge in [-0.1, -0.05) is 12.1 Å². The Hall–Kier alpha value is -1.77. The molecule has 1 aliphatic heterocycles. The average molecular weight is 414 g/mol. The van der Waals surface area contributed by atoms with Crippen LogP contribution in [0, 0.1) is 19.7 Å². The molecule has 0 fully saturated rings. The van der Waals surface area contributed by atoms with Crippen LogP contribution in [0.3, 0.4) is 0 Å². The number of benzene rings is 1. The van der Waals surface area contributed by atoms with Gasteiger partial charge in [-0.05, 0) is 50.1 Å². The Balaban J connectivity index is 0.00000300. The Morgan fingerprint density at radius 1 is 1.38 bits per heavy atom. The summed E-state index contributed by atoms with van der Waals surface area (Å²) >= 11 is 0. The number of nitrogens with zero attached hydrogens (tertiary/aromatic N) is 3. The molecule has 1 unspecified atom stereocenters. The smallest absolute Gasteiger partial charge is 0.560 e. The van der Waals surface area contributed by atoms with Crippen molar-refractivity contribution in [1.82, 2.24) is 10.3 Å². The molecular weight excluding hydrogens is 389 g/mol. The minimum Gasteiger partial charge on any atom is -0.560 e. The van der Waals surface area contributed by atoms with Crippen molar-refractivity contribution in [2.75, 3.05) is 11.9 Å². The zero-order valence-corrected chi connectivity index (χ0v) is 20.4. The predicted octanol–water partition coefficient (Wildman–Crippen LogP) is 0.291. The number of anilines is 1. The van der Waals surface area contributed by atoms with Crippen LogP contribution in [0.25, 0.3) is 0 Å². The van der Waals surface area contributed by atoms with Gasteiger partial charge >= 0.3 is 51.4 Å². The topological polar surface area (TPSA) is 69.4 Å². The first-order valence-corrected chi connectivity index (χ1v) is 9.24.